The fourth-order valence-electron chi connectivity index (χ4n) is 3.70. The van der Waals surface area contributed by atoms with Crippen LogP contribution >= 0.6 is 0 Å². The molecular weight excluding hydrogens is 342 g/mol. The maximum absolute atomic E-state index is 6.62. The number of hydrogen-bond donors (Lipinski definition) is 1. The van der Waals surface area contributed by atoms with Crippen molar-refractivity contribution >= 4 is 45.9 Å². The van der Waals surface area contributed by atoms with Gasteiger partial charge >= 0.3 is 0 Å². The molecule has 0 unspecified atom stereocenters. The zero-order valence-corrected chi connectivity index (χ0v) is 15.3. The van der Waals surface area contributed by atoms with Crippen LogP contribution in [0.15, 0.2) is 96.0 Å². The van der Waals surface area contributed by atoms with Crippen LogP contribution in [0.5, 0.6) is 0 Å². The Kier molecular flexibility index (Phi) is 3.91. The quantitative estimate of drug-likeness (QED) is 0.328. The minimum absolute atomic E-state index is 0.444. The molecule has 0 atom stereocenters. The molecule has 0 spiro atoms. The van der Waals surface area contributed by atoms with Crippen LogP contribution in [0.3, 0.4) is 0 Å². The largest absolute Gasteiger partial charge is 0.369 e. The fraction of sp³-hybridized carbons (Fsp3) is 0. The number of anilines is 2. The van der Waals surface area contributed by atoms with Gasteiger partial charge in [0.25, 0.3) is 0 Å². The average Bonchev–Trinajstić information content (AvgIpc) is 2.91. The van der Waals surface area contributed by atoms with E-state index in [0.29, 0.717) is 5.96 Å². The second kappa shape index (κ2) is 6.71. The molecule has 1 aliphatic heterocycles. The number of hydrogen-bond acceptors (Lipinski definition) is 1. The SMILES string of the molecule is NC(=Nc1cccc2ccccc12)N1c2ccccc2C=Cc2ccccc21. The second-order valence-electron chi connectivity index (χ2n) is 6.75. The minimum atomic E-state index is 0.444. The molecule has 4 aromatic carbocycles. The normalized spacial score (nSPS) is 13.1. The molecule has 0 aliphatic carbocycles. The first-order valence-corrected chi connectivity index (χ1v) is 9.29. The Morgan fingerprint density at radius 2 is 1.21 bits per heavy atom. The van der Waals surface area contributed by atoms with E-state index in [9.17, 15) is 0 Å². The molecule has 1 aliphatic rings. The smallest absolute Gasteiger partial charge is 0.205 e. The predicted molar refractivity (Wildman–Crippen MR) is 119 cm³/mol. The van der Waals surface area contributed by atoms with E-state index >= 15 is 0 Å². The Morgan fingerprint density at radius 1 is 0.643 bits per heavy atom. The van der Waals surface area contributed by atoms with Gasteiger partial charge in [-0.2, -0.15) is 0 Å². The van der Waals surface area contributed by atoms with Gasteiger partial charge in [0, 0.05) is 5.39 Å². The topological polar surface area (TPSA) is 41.6 Å². The van der Waals surface area contributed by atoms with Crippen LogP contribution in [-0.2, 0) is 0 Å². The molecule has 1 heterocycles. The van der Waals surface area contributed by atoms with Crippen molar-refractivity contribution in [2.45, 2.75) is 0 Å². The summed E-state index contributed by atoms with van der Waals surface area (Å²) < 4.78 is 0. The van der Waals surface area contributed by atoms with E-state index < -0.39 is 0 Å². The van der Waals surface area contributed by atoms with Gasteiger partial charge in [-0.25, -0.2) is 4.99 Å². The summed E-state index contributed by atoms with van der Waals surface area (Å²) in [5, 5.41) is 2.23. The molecule has 0 radical (unpaired) electrons. The summed E-state index contributed by atoms with van der Waals surface area (Å²) in [4.78, 5) is 6.88. The number of nitrogens with two attached hydrogens (primary N) is 1. The number of aliphatic imine (C=N–C) groups is 1. The Bertz CT molecular complexity index is 1180. The van der Waals surface area contributed by atoms with Gasteiger partial charge in [-0.15, -0.1) is 0 Å². The van der Waals surface area contributed by atoms with E-state index in [0.717, 1.165) is 39.0 Å². The van der Waals surface area contributed by atoms with Crippen molar-refractivity contribution in [1.82, 2.24) is 0 Å². The van der Waals surface area contributed by atoms with Gasteiger partial charge in [-0.1, -0.05) is 84.9 Å². The highest BCUT2D eigenvalue weighted by Gasteiger charge is 2.20. The van der Waals surface area contributed by atoms with Gasteiger partial charge < -0.3 is 5.73 Å². The summed E-state index contributed by atoms with van der Waals surface area (Å²) in [6.45, 7) is 0. The van der Waals surface area contributed by atoms with Crippen molar-refractivity contribution in [3.8, 4) is 0 Å². The standard InChI is InChI=1S/C25H19N3/c26-25(27-22-13-7-11-18-8-1-4-12-21(18)22)28-23-14-5-2-9-19(23)16-17-20-10-3-6-15-24(20)28/h1-17H,(H2,26,27). The molecule has 0 aromatic heterocycles. The Balaban J connectivity index is 1.72. The van der Waals surface area contributed by atoms with Gasteiger partial charge in [0.1, 0.15) is 0 Å². The van der Waals surface area contributed by atoms with E-state index in [1.165, 1.54) is 0 Å². The van der Waals surface area contributed by atoms with Crippen molar-refractivity contribution in [3.05, 3.63) is 102 Å². The maximum atomic E-state index is 6.62. The lowest BCUT2D eigenvalue weighted by molar-refractivity contribution is 1.28. The van der Waals surface area contributed by atoms with Gasteiger partial charge in [-0.3, -0.25) is 4.90 Å². The third kappa shape index (κ3) is 2.74. The fourth-order valence-corrected chi connectivity index (χ4v) is 3.70. The molecule has 3 heteroatoms. The first-order chi connectivity index (χ1) is 13.8. The summed E-state index contributed by atoms with van der Waals surface area (Å²) in [5.41, 5.74) is 11.7. The third-order valence-electron chi connectivity index (χ3n) is 5.03. The van der Waals surface area contributed by atoms with E-state index in [1.54, 1.807) is 0 Å². The number of guanidine groups is 1. The molecule has 134 valence electrons. The van der Waals surface area contributed by atoms with Crippen molar-refractivity contribution in [2.24, 2.45) is 10.7 Å². The summed E-state index contributed by atoms with van der Waals surface area (Å²) in [5.74, 6) is 0.444. The monoisotopic (exact) mass is 361 g/mol. The lowest BCUT2D eigenvalue weighted by Crippen LogP contribution is -2.33. The molecule has 0 bridgehead atoms. The Labute approximate surface area is 164 Å². The highest BCUT2D eigenvalue weighted by Crippen LogP contribution is 2.36. The first kappa shape index (κ1) is 16.3. The molecule has 4 aromatic rings. The zero-order chi connectivity index (χ0) is 18.9. The second-order valence-corrected chi connectivity index (χ2v) is 6.75. The van der Waals surface area contributed by atoms with Crippen molar-refractivity contribution < 1.29 is 0 Å². The minimum Gasteiger partial charge on any atom is -0.369 e. The summed E-state index contributed by atoms with van der Waals surface area (Å²) in [6, 6.07) is 30.8. The van der Waals surface area contributed by atoms with E-state index in [2.05, 4.69) is 54.6 Å². The molecule has 0 amide bonds. The molecule has 0 fully saturated rings. The Morgan fingerprint density at radius 3 is 1.93 bits per heavy atom. The molecule has 28 heavy (non-hydrogen) atoms. The number of nitrogens with zero attached hydrogens (tertiary/aromatic N) is 2. The number of fused-ring (bicyclic) bond motifs is 3. The van der Waals surface area contributed by atoms with Gasteiger partial charge in [0.2, 0.25) is 5.96 Å². The predicted octanol–water partition coefficient (Wildman–Crippen LogP) is 6.11. The Hall–Kier alpha value is -3.85. The van der Waals surface area contributed by atoms with Gasteiger partial charge in [0.15, 0.2) is 0 Å². The lowest BCUT2D eigenvalue weighted by atomic mass is 10.1. The number of benzene rings is 4. The highest BCUT2D eigenvalue weighted by molar-refractivity contribution is 6.09. The van der Waals surface area contributed by atoms with Crippen LogP contribution < -0.4 is 10.6 Å². The van der Waals surface area contributed by atoms with Gasteiger partial charge in [-0.05, 0) is 34.7 Å². The summed E-state index contributed by atoms with van der Waals surface area (Å²) >= 11 is 0. The van der Waals surface area contributed by atoms with Crippen LogP contribution in [0.4, 0.5) is 17.1 Å². The van der Waals surface area contributed by atoms with Crippen LogP contribution in [0.1, 0.15) is 11.1 Å². The highest BCUT2D eigenvalue weighted by atomic mass is 15.3. The number of para-hydroxylation sites is 2. The molecular formula is C25H19N3. The molecule has 0 saturated heterocycles. The molecule has 3 nitrogen and oxygen atoms in total. The van der Waals surface area contributed by atoms with E-state index in [4.69, 9.17) is 10.7 Å². The van der Waals surface area contributed by atoms with Crippen molar-refractivity contribution in [2.75, 3.05) is 4.90 Å². The van der Waals surface area contributed by atoms with Crippen LogP contribution in [0.25, 0.3) is 22.9 Å². The van der Waals surface area contributed by atoms with E-state index in [1.807, 2.05) is 53.4 Å². The third-order valence-corrected chi connectivity index (χ3v) is 5.03. The summed E-state index contributed by atoms with van der Waals surface area (Å²) in [6.07, 6.45) is 4.25. The molecule has 2 N–H and O–H groups in total. The number of rotatable bonds is 1. The van der Waals surface area contributed by atoms with E-state index in [-0.39, 0.29) is 0 Å². The average molecular weight is 361 g/mol. The summed E-state index contributed by atoms with van der Waals surface area (Å²) in [7, 11) is 0. The van der Waals surface area contributed by atoms with Crippen molar-refractivity contribution in [1.29, 1.82) is 0 Å². The molecule has 0 saturated carbocycles. The van der Waals surface area contributed by atoms with Gasteiger partial charge in [0.05, 0.1) is 17.1 Å². The van der Waals surface area contributed by atoms with Crippen LogP contribution in [0, 0.1) is 0 Å². The molecule has 5 rings (SSSR count). The zero-order valence-electron chi connectivity index (χ0n) is 15.3. The van der Waals surface area contributed by atoms with Crippen LogP contribution in [-0.4, -0.2) is 5.96 Å². The van der Waals surface area contributed by atoms with Crippen LogP contribution in [0.2, 0.25) is 0 Å². The van der Waals surface area contributed by atoms with Crippen molar-refractivity contribution in [3.63, 3.8) is 0 Å². The lowest BCUT2D eigenvalue weighted by Gasteiger charge is -2.25. The first-order valence-electron chi connectivity index (χ1n) is 9.29. The maximum Gasteiger partial charge on any atom is 0.205 e.